The van der Waals surface area contributed by atoms with Gasteiger partial charge in [0, 0.05) is 18.6 Å². The van der Waals surface area contributed by atoms with Crippen molar-refractivity contribution >= 4 is 22.3 Å². The summed E-state index contributed by atoms with van der Waals surface area (Å²) in [5, 5.41) is 0. The highest BCUT2D eigenvalue weighted by Crippen LogP contribution is 2.05. The minimum absolute atomic E-state index is 0.750. The second kappa shape index (κ2) is 6.85. The van der Waals surface area contributed by atoms with Gasteiger partial charge in [0.05, 0.1) is 0 Å². The number of hydrogen-bond acceptors (Lipinski definition) is 1. The molecule has 1 amide bonds. The first kappa shape index (κ1) is 11.2. The first-order valence-corrected chi connectivity index (χ1v) is 4.28. The molecule has 0 radical (unpaired) electrons. The Morgan fingerprint density at radius 1 is 1.25 bits per heavy atom. The van der Waals surface area contributed by atoms with E-state index in [2.05, 4.69) is 15.9 Å². The highest BCUT2D eigenvalue weighted by Gasteiger charge is 1.74. The van der Waals surface area contributed by atoms with Crippen LogP contribution in [0.5, 0.6) is 0 Å². The Balaban J connectivity index is 0.000000217. The average Bonchev–Trinajstić information content (AvgIpc) is 2.07. The standard InChI is InChI=1S/C6H5Br.C3H7NO/c7-6-4-2-1-3-5-6;1-4(2)3-5/h1-5H;3H,1-2H3. The van der Waals surface area contributed by atoms with Crippen molar-refractivity contribution in [3.8, 4) is 0 Å². The van der Waals surface area contributed by atoms with Crippen molar-refractivity contribution in [2.45, 2.75) is 0 Å². The molecule has 0 heterocycles. The van der Waals surface area contributed by atoms with Crippen LogP contribution >= 0.6 is 15.9 Å². The van der Waals surface area contributed by atoms with Crippen LogP contribution in [-0.4, -0.2) is 25.4 Å². The summed E-state index contributed by atoms with van der Waals surface area (Å²) in [6.07, 6.45) is 0.750. The van der Waals surface area contributed by atoms with Crippen LogP contribution in [0.1, 0.15) is 0 Å². The Kier molecular flexibility index (Phi) is 6.38. The normalized spacial score (nSPS) is 7.92. The van der Waals surface area contributed by atoms with Crippen molar-refractivity contribution in [3.05, 3.63) is 34.8 Å². The zero-order chi connectivity index (χ0) is 9.40. The summed E-state index contributed by atoms with van der Waals surface area (Å²) in [4.78, 5) is 10.9. The number of amides is 1. The fourth-order valence-corrected chi connectivity index (χ4v) is 0.720. The second-order valence-electron chi connectivity index (χ2n) is 2.36. The van der Waals surface area contributed by atoms with E-state index in [1.165, 1.54) is 4.90 Å². The lowest BCUT2D eigenvalue weighted by atomic mass is 10.4. The molecule has 0 aliphatic heterocycles. The summed E-state index contributed by atoms with van der Waals surface area (Å²) in [6.45, 7) is 0. The van der Waals surface area contributed by atoms with E-state index >= 15 is 0 Å². The van der Waals surface area contributed by atoms with E-state index in [9.17, 15) is 4.79 Å². The summed E-state index contributed by atoms with van der Waals surface area (Å²) < 4.78 is 1.13. The van der Waals surface area contributed by atoms with Crippen LogP contribution < -0.4 is 0 Å². The van der Waals surface area contributed by atoms with E-state index < -0.39 is 0 Å². The zero-order valence-corrected chi connectivity index (χ0v) is 8.78. The number of benzene rings is 1. The lowest BCUT2D eigenvalue weighted by molar-refractivity contribution is -0.115. The molecule has 2 nitrogen and oxygen atoms in total. The maximum atomic E-state index is 9.43. The molecule has 1 aromatic carbocycles. The van der Waals surface area contributed by atoms with Crippen molar-refractivity contribution < 1.29 is 4.79 Å². The smallest absolute Gasteiger partial charge is 0.209 e. The van der Waals surface area contributed by atoms with Crippen molar-refractivity contribution in [3.63, 3.8) is 0 Å². The Labute approximate surface area is 81.3 Å². The Bertz CT molecular complexity index is 211. The molecular formula is C9H12BrNO. The fraction of sp³-hybridized carbons (Fsp3) is 0.222. The van der Waals surface area contributed by atoms with Crippen molar-refractivity contribution in [2.75, 3.05) is 14.1 Å². The van der Waals surface area contributed by atoms with Crippen molar-refractivity contribution in [2.24, 2.45) is 0 Å². The summed E-state index contributed by atoms with van der Waals surface area (Å²) in [6, 6.07) is 9.97. The van der Waals surface area contributed by atoms with Crippen LogP contribution in [0.15, 0.2) is 34.8 Å². The van der Waals surface area contributed by atoms with Crippen LogP contribution in [0.3, 0.4) is 0 Å². The third kappa shape index (κ3) is 7.28. The van der Waals surface area contributed by atoms with Gasteiger partial charge in [-0.2, -0.15) is 0 Å². The maximum absolute atomic E-state index is 9.43. The van der Waals surface area contributed by atoms with E-state index in [1.807, 2.05) is 30.3 Å². The topological polar surface area (TPSA) is 20.3 Å². The lowest BCUT2D eigenvalue weighted by Gasteiger charge is -1.93. The molecule has 0 spiro atoms. The molecule has 0 fully saturated rings. The van der Waals surface area contributed by atoms with Crippen LogP contribution in [0.4, 0.5) is 0 Å². The molecule has 0 aliphatic carbocycles. The number of rotatable bonds is 1. The van der Waals surface area contributed by atoms with Gasteiger partial charge >= 0.3 is 0 Å². The molecule has 0 atom stereocenters. The van der Waals surface area contributed by atoms with Gasteiger partial charge in [-0.3, -0.25) is 4.79 Å². The molecule has 0 bridgehead atoms. The number of halogens is 1. The maximum Gasteiger partial charge on any atom is 0.209 e. The molecule has 0 unspecified atom stereocenters. The van der Waals surface area contributed by atoms with E-state index in [0.29, 0.717) is 0 Å². The van der Waals surface area contributed by atoms with Gasteiger partial charge < -0.3 is 4.90 Å². The van der Waals surface area contributed by atoms with Gasteiger partial charge in [-0.15, -0.1) is 0 Å². The molecule has 0 N–H and O–H groups in total. The van der Waals surface area contributed by atoms with Crippen LogP contribution in [0.25, 0.3) is 0 Å². The molecular weight excluding hydrogens is 218 g/mol. The van der Waals surface area contributed by atoms with Gasteiger partial charge in [0.1, 0.15) is 0 Å². The van der Waals surface area contributed by atoms with Crippen molar-refractivity contribution in [1.82, 2.24) is 4.90 Å². The second-order valence-corrected chi connectivity index (χ2v) is 3.28. The minimum atomic E-state index is 0.750. The van der Waals surface area contributed by atoms with Gasteiger partial charge in [-0.25, -0.2) is 0 Å². The third-order valence-corrected chi connectivity index (χ3v) is 1.47. The Morgan fingerprint density at radius 3 is 1.83 bits per heavy atom. The number of hydrogen-bond donors (Lipinski definition) is 0. The summed E-state index contributed by atoms with van der Waals surface area (Å²) in [5.74, 6) is 0. The summed E-state index contributed by atoms with van der Waals surface area (Å²) in [5.41, 5.74) is 0. The number of carbonyl (C=O) groups is 1. The Morgan fingerprint density at radius 2 is 1.67 bits per heavy atom. The predicted octanol–water partition coefficient (Wildman–Crippen LogP) is 2.15. The van der Waals surface area contributed by atoms with Gasteiger partial charge in [0.25, 0.3) is 0 Å². The molecule has 66 valence electrons. The zero-order valence-electron chi connectivity index (χ0n) is 7.20. The monoisotopic (exact) mass is 229 g/mol. The van der Waals surface area contributed by atoms with E-state index in [-0.39, 0.29) is 0 Å². The Hall–Kier alpha value is -0.830. The van der Waals surface area contributed by atoms with Gasteiger partial charge in [-0.1, -0.05) is 34.1 Å². The highest BCUT2D eigenvalue weighted by molar-refractivity contribution is 9.10. The highest BCUT2D eigenvalue weighted by atomic mass is 79.9. The molecule has 0 aromatic heterocycles. The summed E-state index contributed by atoms with van der Waals surface area (Å²) >= 11 is 3.31. The molecule has 0 aliphatic rings. The first-order chi connectivity index (χ1) is 5.66. The molecule has 0 saturated heterocycles. The SMILES string of the molecule is Brc1ccccc1.CN(C)C=O. The molecule has 3 heteroatoms. The molecule has 1 aromatic rings. The molecule has 1 rings (SSSR count). The van der Waals surface area contributed by atoms with Gasteiger partial charge in [0.2, 0.25) is 6.41 Å². The number of carbonyl (C=O) groups excluding carboxylic acids is 1. The molecule has 0 saturated carbocycles. The quantitative estimate of drug-likeness (QED) is 0.677. The van der Waals surface area contributed by atoms with E-state index in [4.69, 9.17) is 0 Å². The lowest BCUT2D eigenvalue weighted by Crippen LogP contribution is -2.06. The number of nitrogens with zero attached hydrogens (tertiary/aromatic N) is 1. The summed E-state index contributed by atoms with van der Waals surface area (Å²) in [7, 11) is 3.38. The largest absolute Gasteiger partial charge is 0.351 e. The van der Waals surface area contributed by atoms with Gasteiger partial charge in [-0.05, 0) is 12.1 Å². The first-order valence-electron chi connectivity index (χ1n) is 3.49. The fourth-order valence-electron chi connectivity index (χ4n) is 0.415. The van der Waals surface area contributed by atoms with Gasteiger partial charge in [0.15, 0.2) is 0 Å². The van der Waals surface area contributed by atoms with E-state index in [0.717, 1.165) is 10.9 Å². The van der Waals surface area contributed by atoms with Crippen molar-refractivity contribution in [1.29, 1.82) is 0 Å². The predicted molar refractivity (Wildman–Crippen MR) is 53.9 cm³/mol. The van der Waals surface area contributed by atoms with Crippen LogP contribution in [0.2, 0.25) is 0 Å². The minimum Gasteiger partial charge on any atom is -0.351 e. The third-order valence-electron chi connectivity index (χ3n) is 0.944. The van der Waals surface area contributed by atoms with Crippen LogP contribution in [-0.2, 0) is 4.79 Å². The average molecular weight is 230 g/mol. The van der Waals surface area contributed by atoms with Crippen LogP contribution in [0, 0.1) is 0 Å². The van der Waals surface area contributed by atoms with E-state index in [1.54, 1.807) is 14.1 Å². The molecule has 12 heavy (non-hydrogen) atoms.